The topological polar surface area (TPSA) is 58.2 Å². The molecule has 0 fully saturated rings. The van der Waals surface area contributed by atoms with Gasteiger partial charge in [-0.25, -0.2) is 13.1 Å². The van der Waals surface area contributed by atoms with Gasteiger partial charge in [-0.05, 0) is 40.2 Å². The van der Waals surface area contributed by atoms with Gasteiger partial charge in [0, 0.05) is 12.1 Å². The number of hydrogen-bond acceptors (Lipinski definition) is 3. The Labute approximate surface area is 100 Å². The molecule has 2 N–H and O–H groups in total. The van der Waals surface area contributed by atoms with Crippen LogP contribution in [0.1, 0.15) is 47.5 Å². The molecule has 0 aromatic heterocycles. The Hall–Kier alpha value is -0.130. The summed E-state index contributed by atoms with van der Waals surface area (Å²) >= 11 is 0. The minimum absolute atomic E-state index is 0.363. The van der Waals surface area contributed by atoms with Crippen LogP contribution in [0.2, 0.25) is 0 Å². The van der Waals surface area contributed by atoms with Crippen molar-refractivity contribution in [3.8, 4) is 0 Å². The van der Waals surface area contributed by atoms with Crippen molar-refractivity contribution in [1.29, 1.82) is 0 Å². The molecule has 0 aliphatic heterocycles. The quantitative estimate of drug-likeness (QED) is 0.642. The Bertz CT molecular complexity index is 286. The van der Waals surface area contributed by atoms with Crippen molar-refractivity contribution in [3.63, 3.8) is 0 Å². The Kier molecular flexibility index (Phi) is 6.51. The van der Waals surface area contributed by atoms with Crippen LogP contribution in [0.5, 0.6) is 0 Å². The third kappa shape index (κ3) is 5.82. The normalized spacial score (nSPS) is 15.1. The van der Waals surface area contributed by atoms with E-state index in [1.54, 1.807) is 6.92 Å². The second kappa shape index (κ2) is 6.57. The minimum Gasteiger partial charge on any atom is -0.315 e. The van der Waals surface area contributed by atoms with Crippen LogP contribution in [-0.4, -0.2) is 32.3 Å². The summed E-state index contributed by atoms with van der Waals surface area (Å²) in [7, 11) is -3.22. The van der Waals surface area contributed by atoms with Gasteiger partial charge < -0.3 is 5.32 Å². The van der Waals surface area contributed by atoms with Gasteiger partial charge >= 0.3 is 0 Å². The van der Waals surface area contributed by atoms with E-state index in [1.807, 2.05) is 20.8 Å². The lowest BCUT2D eigenvalue weighted by Crippen LogP contribution is -2.48. The number of rotatable bonds is 8. The highest BCUT2D eigenvalue weighted by Crippen LogP contribution is 2.11. The summed E-state index contributed by atoms with van der Waals surface area (Å²) in [5.41, 5.74) is -0.363. The number of sulfonamides is 1. The summed E-state index contributed by atoms with van der Waals surface area (Å²) in [4.78, 5) is 0. The van der Waals surface area contributed by atoms with E-state index < -0.39 is 15.3 Å². The van der Waals surface area contributed by atoms with E-state index >= 15 is 0 Å². The standard InChI is InChI=1S/C11H26N2O2S/c1-6-8-12-9-10(3)16(14,15)13-11(4,5)7-2/h10,12-13H,6-9H2,1-5H3. The van der Waals surface area contributed by atoms with Gasteiger partial charge in [0.15, 0.2) is 0 Å². The molecule has 0 saturated heterocycles. The van der Waals surface area contributed by atoms with Crippen molar-refractivity contribution >= 4 is 10.0 Å². The third-order valence-corrected chi connectivity index (χ3v) is 4.75. The highest BCUT2D eigenvalue weighted by molar-refractivity contribution is 7.90. The minimum atomic E-state index is -3.22. The maximum absolute atomic E-state index is 11.9. The molecule has 98 valence electrons. The van der Waals surface area contributed by atoms with Gasteiger partial charge in [0.25, 0.3) is 0 Å². The molecule has 0 heterocycles. The van der Waals surface area contributed by atoms with E-state index in [0.717, 1.165) is 19.4 Å². The highest BCUT2D eigenvalue weighted by Gasteiger charge is 2.27. The fourth-order valence-corrected chi connectivity index (χ4v) is 2.60. The lowest BCUT2D eigenvalue weighted by Gasteiger charge is -2.26. The maximum atomic E-state index is 11.9. The predicted octanol–water partition coefficient (Wildman–Crippen LogP) is 1.48. The highest BCUT2D eigenvalue weighted by atomic mass is 32.2. The average molecular weight is 250 g/mol. The molecular weight excluding hydrogens is 224 g/mol. The number of nitrogens with one attached hydrogen (secondary N) is 2. The molecule has 0 saturated carbocycles. The van der Waals surface area contributed by atoms with E-state index in [0.29, 0.717) is 6.54 Å². The van der Waals surface area contributed by atoms with Crippen LogP contribution in [-0.2, 0) is 10.0 Å². The maximum Gasteiger partial charge on any atom is 0.215 e. The average Bonchev–Trinajstić information content (AvgIpc) is 2.16. The molecule has 1 unspecified atom stereocenters. The molecule has 5 heteroatoms. The van der Waals surface area contributed by atoms with E-state index in [9.17, 15) is 8.42 Å². The van der Waals surface area contributed by atoms with E-state index in [1.165, 1.54) is 0 Å². The van der Waals surface area contributed by atoms with Crippen molar-refractivity contribution < 1.29 is 8.42 Å². The first-order valence-corrected chi connectivity index (χ1v) is 7.53. The molecule has 0 bridgehead atoms. The summed E-state index contributed by atoms with van der Waals surface area (Å²) in [5.74, 6) is 0. The molecule has 0 aliphatic rings. The molecule has 0 aromatic carbocycles. The Morgan fingerprint density at radius 1 is 1.25 bits per heavy atom. The Balaban J connectivity index is 4.32. The van der Waals surface area contributed by atoms with E-state index in [4.69, 9.17) is 0 Å². The predicted molar refractivity (Wildman–Crippen MR) is 69.0 cm³/mol. The second-order valence-electron chi connectivity index (χ2n) is 4.90. The van der Waals surface area contributed by atoms with Gasteiger partial charge in [-0.2, -0.15) is 0 Å². The van der Waals surface area contributed by atoms with Crippen LogP contribution < -0.4 is 10.0 Å². The molecule has 0 rings (SSSR count). The second-order valence-corrected chi connectivity index (χ2v) is 7.00. The summed E-state index contributed by atoms with van der Waals surface area (Å²) in [5, 5.41) is 2.73. The molecular formula is C11H26N2O2S. The summed E-state index contributed by atoms with van der Waals surface area (Å²) in [6.45, 7) is 10.9. The van der Waals surface area contributed by atoms with E-state index in [2.05, 4.69) is 17.0 Å². The van der Waals surface area contributed by atoms with Crippen molar-refractivity contribution in [2.75, 3.05) is 13.1 Å². The van der Waals surface area contributed by atoms with Crippen LogP contribution in [0.25, 0.3) is 0 Å². The zero-order valence-corrected chi connectivity index (χ0v) is 11.9. The zero-order valence-electron chi connectivity index (χ0n) is 11.1. The molecule has 16 heavy (non-hydrogen) atoms. The first-order chi connectivity index (χ1) is 7.25. The fourth-order valence-electron chi connectivity index (χ4n) is 1.15. The van der Waals surface area contributed by atoms with Gasteiger partial charge in [-0.1, -0.05) is 13.8 Å². The largest absolute Gasteiger partial charge is 0.315 e. The lowest BCUT2D eigenvalue weighted by atomic mass is 10.0. The van der Waals surface area contributed by atoms with Crippen molar-refractivity contribution in [3.05, 3.63) is 0 Å². The Morgan fingerprint density at radius 3 is 2.25 bits per heavy atom. The molecule has 0 radical (unpaired) electrons. The molecule has 0 aromatic rings. The Morgan fingerprint density at radius 2 is 1.81 bits per heavy atom. The monoisotopic (exact) mass is 250 g/mol. The van der Waals surface area contributed by atoms with Gasteiger partial charge in [0.05, 0.1) is 5.25 Å². The first-order valence-electron chi connectivity index (χ1n) is 5.98. The van der Waals surface area contributed by atoms with Crippen LogP contribution in [0.15, 0.2) is 0 Å². The van der Waals surface area contributed by atoms with Crippen LogP contribution >= 0.6 is 0 Å². The summed E-state index contributed by atoms with van der Waals surface area (Å²) in [6.07, 6.45) is 1.79. The van der Waals surface area contributed by atoms with Gasteiger partial charge in [0.1, 0.15) is 0 Å². The fraction of sp³-hybridized carbons (Fsp3) is 1.00. The molecule has 0 amide bonds. The molecule has 0 aliphatic carbocycles. The number of hydrogen-bond donors (Lipinski definition) is 2. The van der Waals surface area contributed by atoms with Gasteiger partial charge in [0.2, 0.25) is 10.0 Å². The van der Waals surface area contributed by atoms with Crippen LogP contribution in [0.3, 0.4) is 0 Å². The summed E-state index contributed by atoms with van der Waals surface area (Å²) in [6, 6.07) is 0. The van der Waals surface area contributed by atoms with E-state index in [-0.39, 0.29) is 5.54 Å². The third-order valence-electron chi connectivity index (χ3n) is 2.69. The van der Waals surface area contributed by atoms with Crippen LogP contribution in [0.4, 0.5) is 0 Å². The lowest BCUT2D eigenvalue weighted by molar-refractivity contribution is 0.434. The first kappa shape index (κ1) is 15.9. The zero-order chi connectivity index (χ0) is 12.8. The van der Waals surface area contributed by atoms with Crippen LogP contribution in [0, 0.1) is 0 Å². The molecule has 4 nitrogen and oxygen atoms in total. The SMILES string of the molecule is CCCNCC(C)S(=O)(=O)NC(C)(C)CC. The van der Waals surface area contributed by atoms with Crippen molar-refractivity contribution in [1.82, 2.24) is 10.0 Å². The van der Waals surface area contributed by atoms with Gasteiger partial charge in [-0.3, -0.25) is 0 Å². The van der Waals surface area contributed by atoms with Crippen molar-refractivity contribution in [2.45, 2.75) is 58.2 Å². The van der Waals surface area contributed by atoms with Gasteiger partial charge in [-0.15, -0.1) is 0 Å². The summed E-state index contributed by atoms with van der Waals surface area (Å²) < 4.78 is 26.6. The smallest absolute Gasteiger partial charge is 0.215 e. The molecule has 0 spiro atoms. The molecule has 1 atom stereocenters. The van der Waals surface area contributed by atoms with Crippen molar-refractivity contribution in [2.24, 2.45) is 0 Å².